The summed E-state index contributed by atoms with van der Waals surface area (Å²) in [5, 5.41) is 2.21. The Morgan fingerprint density at radius 2 is 2.10 bits per heavy atom. The van der Waals surface area contributed by atoms with Crippen molar-refractivity contribution in [1.82, 2.24) is 10.2 Å². The molecule has 6 heteroatoms. The number of nitrogens with zero attached hydrogens (tertiary/aromatic N) is 1. The van der Waals surface area contributed by atoms with Gasteiger partial charge in [-0.25, -0.2) is 0 Å². The maximum Gasteiger partial charge on any atom is 0.255 e. The standard InChI is InChI=1S/C15H18N2O4/c1-9(2)21-12-6-4-5-11(7-12)15(20)17-8-13(18)16-14(19)10(17)3/h4-7,9-10H,8H2,1-3H3,(H,16,18,19). The van der Waals surface area contributed by atoms with E-state index in [2.05, 4.69) is 5.32 Å². The van der Waals surface area contributed by atoms with Gasteiger partial charge in [-0.15, -0.1) is 0 Å². The molecule has 1 N–H and O–H groups in total. The van der Waals surface area contributed by atoms with Crippen LogP contribution in [0.25, 0.3) is 0 Å². The van der Waals surface area contributed by atoms with Crippen LogP contribution in [-0.2, 0) is 9.59 Å². The van der Waals surface area contributed by atoms with E-state index in [-0.39, 0.29) is 18.6 Å². The lowest BCUT2D eigenvalue weighted by Crippen LogP contribution is -2.58. The summed E-state index contributed by atoms with van der Waals surface area (Å²) in [6.07, 6.45) is -0.00313. The summed E-state index contributed by atoms with van der Waals surface area (Å²) < 4.78 is 5.54. The summed E-state index contributed by atoms with van der Waals surface area (Å²) in [6, 6.07) is 6.05. The van der Waals surface area contributed by atoms with Gasteiger partial charge in [0, 0.05) is 5.56 Å². The highest BCUT2D eigenvalue weighted by molar-refractivity contribution is 6.07. The van der Waals surface area contributed by atoms with Crippen molar-refractivity contribution in [2.45, 2.75) is 32.9 Å². The van der Waals surface area contributed by atoms with Crippen molar-refractivity contribution < 1.29 is 19.1 Å². The normalized spacial score (nSPS) is 18.7. The predicted octanol–water partition coefficient (Wildman–Crippen LogP) is 0.961. The molecule has 1 aliphatic heterocycles. The van der Waals surface area contributed by atoms with Crippen molar-refractivity contribution in [1.29, 1.82) is 0 Å². The molecule has 0 saturated carbocycles. The van der Waals surface area contributed by atoms with Crippen LogP contribution in [0.3, 0.4) is 0 Å². The average Bonchev–Trinajstić information content (AvgIpc) is 2.41. The minimum Gasteiger partial charge on any atom is -0.491 e. The fourth-order valence-electron chi connectivity index (χ4n) is 2.10. The molecule has 0 radical (unpaired) electrons. The van der Waals surface area contributed by atoms with Crippen LogP contribution in [0, 0.1) is 0 Å². The van der Waals surface area contributed by atoms with Gasteiger partial charge < -0.3 is 9.64 Å². The molecule has 2 rings (SSSR count). The number of ether oxygens (including phenoxy) is 1. The number of imide groups is 1. The molecule has 6 nitrogen and oxygen atoms in total. The number of piperazine rings is 1. The Labute approximate surface area is 123 Å². The molecule has 0 bridgehead atoms. The van der Waals surface area contributed by atoms with E-state index in [1.54, 1.807) is 31.2 Å². The first-order valence-electron chi connectivity index (χ1n) is 6.80. The Kier molecular flexibility index (Phi) is 4.26. The third-order valence-corrected chi connectivity index (χ3v) is 3.14. The molecule has 0 aliphatic carbocycles. The van der Waals surface area contributed by atoms with Gasteiger partial charge in [-0.1, -0.05) is 6.07 Å². The summed E-state index contributed by atoms with van der Waals surface area (Å²) in [5.41, 5.74) is 0.391. The van der Waals surface area contributed by atoms with Crippen molar-refractivity contribution in [3.8, 4) is 5.75 Å². The minimum absolute atomic E-state index is 0.00313. The smallest absolute Gasteiger partial charge is 0.255 e. The first-order valence-corrected chi connectivity index (χ1v) is 6.80. The second kappa shape index (κ2) is 5.95. The number of carbonyl (C=O) groups is 3. The summed E-state index contributed by atoms with van der Waals surface area (Å²) >= 11 is 0. The van der Waals surface area contributed by atoms with E-state index in [0.29, 0.717) is 11.3 Å². The number of rotatable bonds is 3. The third-order valence-electron chi connectivity index (χ3n) is 3.14. The van der Waals surface area contributed by atoms with Gasteiger partial charge in [-0.3, -0.25) is 19.7 Å². The van der Waals surface area contributed by atoms with Gasteiger partial charge in [0.25, 0.3) is 5.91 Å². The molecule has 0 spiro atoms. The van der Waals surface area contributed by atoms with Crippen LogP contribution in [0.4, 0.5) is 0 Å². The van der Waals surface area contributed by atoms with E-state index in [9.17, 15) is 14.4 Å². The molecule has 1 heterocycles. The van der Waals surface area contributed by atoms with E-state index >= 15 is 0 Å². The molecule has 112 valence electrons. The fourth-order valence-corrected chi connectivity index (χ4v) is 2.10. The molecule has 1 aromatic carbocycles. The Morgan fingerprint density at radius 1 is 1.38 bits per heavy atom. The van der Waals surface area contributed by atoms with Crippen molar-refractivity contribution in [3.63, 3.8) is 0 Å². The molecular formula is C15H18N2O4. The Morgan fingerprint density at radius 3 is 2.76 bits per heavy atom. The minimum atomic E-state index is -0.676. The summed E-state index contributed by atoms with van der Waals surface area (Å²) in [6.45, 7) is 5.25. The number of nitrogens with one attached hydrogen (secondary N) is 1. The van der Waals surface area contributed by atoms with Crippen LogP contribution in [-0.4, -0.2) is 41.3 Å². The fraction of sp³-hybridized carbons (Fsp3) is 0.400. The van der Waals surface area contributed by atoms with Gasteiger partial charge in [0.1, 0.15) is 18.3 Å². The molecule has 0 aromatic heterocycles. The maximum atomic E-state index is 12.5. The van der Waals surface area contributed by atoms with Gasteiger partial charge in [-0.2, -0.15) is 0 Å². The molecule has 1 saturated heterocycles. The molecule has 1 atom stereocenters. The molecule has 1 unspecified atom stereocenters. The average molecular weight is 290 g/mol. The first-order chi connectivity index (χ1) is 9.88. The molecule has 3 amide bonds. The Balaban J connectivity index is 2.22. The van der Waals surface area contributed by atoms with Crippen LogP contribution in [0.15, 0.2) is 24.3 Å². The van der Waals surface area contributed by atoms with Crippen LogP contribution in [0.2, 0.25) is 0 Å². The van der Waals surface area contributed by atoms with Gasteiger partial charge in [0.2, 0.25) is 11.8 Å². The number of amides is 3. The zero-order valence-corrected chi connectivity index (χ0v) is 12.3. The molecular weight excluding hydrogens is 272 g/mol. The number of benzene rings is 1. The highest BCUT2D eigenvalue weighted by atomic mass is 16.5. The van der Waals surface area contributed by atoms with E-state index in [4.69, 9.17) is 4.74 Å². The molecule has 1 aliphatic rings. The van der Waals surface area contributed by atoms with Crippen molar-refractivity contribution in [2.24, 2.45) is 0 Å². The largest absolute Gasteiger partial charge is 0.491 e. The first kappa shape index (κ1) is 15.0. The number of hydrogen-bond acceptors (Lipinski definition) is 4. The SMILES string of the molecule is CC(C)Oc1cccc(C(=O)N2CC(=O)NC(=O)C2C)c1. The van der Waals surface area contributed by atoms with Crippen molar-refractivity contribution in [2.75, 3.05) is 6.54 Å². The second-order valence-corrected chi connectivity index (χ2v) is 5.22. The zero-order valence-electron chi connectivity index (χ0n) is 12.3. The van der Waals surface area contributed by atoms with E-state index in [1.165, 1.54) is 4.90 Å². The highest BCUT2D eigenvalue weighted by Crippen LogP contribution is 2.18. The van der Waals surface area contributed by atoms with E-state index in [1.807, 2.05) is 13.8 Å². The van der Waals surface area contributed by atoms with Gasteiger partial charge in [-0.05, 0) is 39.0 Å². The lowest BCUT2D eigenvalue weighted by atomic mass is 10.1. The summed E-state index contributed by atoms with van der Waals surface area (Å²) in [4.78, 5) is 36.8. The van der Waals surface area contributed by atoms with Crippen molar-refractivity contribution >= 4 is 17.7 Å². The van der Waals surface area contributed by atoms with Gasteiger partial charge in [0.15, 0.2) is 0 Å². The maximum absolute atomic E-state index is 12.5. The lowest BCUT2D eigenvalue weighted by Gasteiger charge is -2.31. The van der Waals surface area contributed by atoms with Crippen LogP contribution < -0.4 is 10.1 Å². The third kappa shape index (κ3) is 3.39. The number of hydrogen-bond donors (Lipinski definition) is 1. The molecule has 1 aromatic rings. The Bertz CT molecular complexity index is 583. The second-order valence-electron chi connectivity index (χ2n) is 5.22. The van der Waals surface area contributed by atoms with Crippen molar-refractivity contribution in [3.05, 3.63) is 29.8 Å². The number of carbonyl (C=O) groups excluding carboxylic acids is 3. The lowest BCUT2D eigenvalue weighted by molar-refractivity contribution is -0.138. The Hall–Kier alpha value is -2.37. The topological polar surface area (TPSA) is 75.7 Å². The van der Waals surface area contributed by atoms with E-state index in [0.717, 1.165) is 0 Å². The predicted molar refractivity (Wildman–Crippen MR) is 75.9 cm³/mol. The van der Waals surface area contributed by atoms with Gasteiger partial charge >= 0.3 is 0 Å². The summed E-state index contributed by atoms with van der Waals surface area (Å²) in [7, 11) is 0. The molecule has 1 fully saturated rings. The summed E-state index contributed by atoms with van der Waals surface area (Å²) in [5.74, 6) is -0.716. The van der Waals surface area contributed by atoms with E-state index < -0.39 is 17.9 Å². The quantitative estimate of drug-likeness (QED) is 0.841. The molecule has 21 heavy (non-hydrogen) atoms. The van der Waals surface area contributed by atoms with Crippen LogP contribution in [0.1, 0.15) is 31.1 Å². The van der Waals surface area contributed by atoms with Crippen LogP contribution in [0.5, 0.6) is 5.75 Å². The van der Waals surface area contributed by atoms with Gasteiger partial charge in [0.05, 0.1) is 6.10 Å². The zero-order chi connectivity index (χ0) is 15.6. The highest BCUT2D eigenvalue weighted by Gasteiger charge is 2.34. The van der Waals surface area contributed by atoms with Crippen LogP contribution >= 0.6 is 0 Å². The monoisotopic (exact) mass is 290 g/mol.